The zero-order valence-corrected chi connectivity index (χ0v) is 36.7. The summed E-state index contributed by atoms with van der Waals surface area (Å²) < 4.78 is 26.8. The van der Waals surface area contributed by atoms with Gasteiger partial charge in [-0.25, -0.2) is 9.59 Å². The first-order chi connectivity index (χ1) is 29.9. The Labute approximate surface area is 364 Å². The van der Waals surface area contributed by atoms with Gasteiger partial charge in [0, 0.05) is 32.9 Å². The van der Waals surface area contributed by atoms with Crippen molar-refractivity contribution in [3.05, 3.63) is 145 Å². The third-order valence-electron chi connectivity index (χ3n) is 11.8. The maximum absolute atomic E-state index is 12.5. The summed E-state index contributed by atoms with van der Waals surface area (Å²) in [6.07, 6.45) is 4.37. The van der Waals surface area contributed by atoms with Crippen molar-refractivity contribution in [1.82, 2.24) is 9.13 Å². The number of carbonyl (C=O) groups is 2. The van der Waals surface area contributed by atoms with Crippen molar-refractivity contribution < 1.29 is 28.5 Å². The normalized spacial score (nSPS) is 12.0. The standard InChI is InChI=1S/C54H56N2O6/c1-7-9-31-53(3,4)61-51(57)59-35-37-19-25-41(26-20-37)55-47-17-13-11-15-43(47)45-33-39(23-29-49(45)55)40-24-30-50-46(34-40)44-16-12-14-18-48(44)56(50)42-27-21-38(22-28-42)36-60-52(58)62-54(5,6)32-10-8-2/h11-30,33-34H,7-10,31-32,35-36H2,1-6H3. The van der Waals surface area contributed by atoms with Crippen LogP contribution < -0.4 is 0 Å². The average Bonchev–Trinajstić information content (AvgIpc) is 3.78. The minimum absolute atomic E-state index is 0.141. The Morgan fingerprint density at radius 1 is 0.468 bits per heavy atom. The van der Waals surface area contributed by atoms with Crippen molar-refractivity contribution in [3.63, 3.8) is 0 Å². The van der Waals surface area contributed by atoms with Gasteiger partial charge < -0.3 is 28.1 Å². The van der Waals surface area contributed by atoms with Gasteiger partial charge in [-0.1, -0.05) is 99.5 Å². The highest BCUT2D eigenvalue weighted by Crippen LogP contribution is 2.38. The van der Waals surface area contributed by atoms with E-state index in [0.717, 1.165) is 94.2 Å². The summed E-state index contributed by atoms with van der Waals surface area (Å²) in [4.78, 5) is 25.0. The molecule has 6 aromatic carbocycles. The van der Waals surface area contributed by atoms with E-state index in [1.54, 1.807) is 0 Å². The first-order valence-corrected chi connectivity index (χ1v) is 21.9. The molecule has 8 aromatic rings. The van der Waals surface area contributed by atoms with Crippen LogP contribution in [0.15, 0.2) is 133 Å². The molecule has 0 aliphatic heterocycles. The Morgan fingerprint density at radius 3 is 1.23 bits per heavy atom. The van der Waals surface area contributed by atoms with Gasteiger partial charge in [-0.15, -0.1) is 0 Å². The molecule has 0 fully saturated rings. The predicted octanol–water partition coefficient (Wildman–Crippen LogP) is 14.8. The monoisotopic (exact) mass is 828 g/mol. The van der Waals surface area contributed by atoms with E-state index < -0.39 is 23.5 Å². The van der Waals surface area contributed by atoms with Crippen molar-refractivity contribution in [1.29, 1.82) is 0 Å². The van der Waals surface area contributed by atoms with Crippen LogP contribution in [0.5, 0.6) is 0 Å². The van der Waals surface area contributed by atoms with Gasteiger partial charge in [0.2, 0.25) is 0 Å². The second-order valence-electron chi connectivity index (χ2n) is 17.5. The molecule has 8 rings (SSSR count). The second-order valence-corrected chi connectivity index (χ2v) is 17.5. The highest BCUT2D eigenvalue weighted by atomic mass is 16.7. The van der Waals surface area contributed by atoms with E-state index in [0.29, 0.717) is 0 Å². The first-order valence-electron chi connectivity index (χ1n) is 21.9. The molecule has 0 saturated heterocycles. The lowest BCUT2D eigenvalue weighted by atomic mass is 10.0. The van der Waals surface area contributed by atoms with Crippen LogP contribution in [0.1, 0.15) is 91.2 Å². The molecule has 62 heavy (non-hydrogen) atoms. The lowest BCUT2D eigenvalue weighted by molar-refractivity contribution is -0.0255. The third-order valence-corrected chi connectivity index (χ3v) is 11.8. The van der Waals surface area contributed by atoms with E-state index in [1.165, 1.54) is 21.5 Å². The zero-order chi connectivity index (χ0) is 43.4. The van der Waals surface area contributed by atoms with Gasteiger partial charge in [0.05, 0.1) is 22.1 Å². The van der Waals surface area contributed by atoms with Crippen molar-refractivity contribution in [2.45, 2.75) is 104 Å². The fraction of sp³-hybridized carbons (Fsp3) is 0.296. The molecule has 0 saturated carbocycles. The molecule has 0 amide bonds. The Morgan fingerprint density at radius 2 is 0.839 bits per heavy atom. The summed E-state index contributed by atoms with van der Waals surface area (Å²) in [5, 5.41) is 4.67. The van der Waals surface area contributed by atoms with Crippen LogP contribution in [0.25, 0.3) is 66.1 Å². The molecular weight excluding hydrogens is 773 g/mol. The van der Waals surface area contributed by atoms with Crippen LogP contribution in [-0.4, -0.2) is 32.6 Å². The van der Waals surface area contributed by atoms with Crippen molar-refractivity contribution in [2.24, 2.45) is 0 Å². The van der Waals surface area contributed by atoms with Crippen LogP contribution in [0, 0.1) is 0 Å². The fourth-order valence-electron chi connectivity index (χ4n) is 8.45. The van der Waals surface area contributed by atoms with Crippen molar-refractivity contribution in [3.8, 4) is 22.5 Å². The van der Waals surface area contributed by atoms with Gasteiger partial charge in [-0.05, 0) is 136 Å². The molecule has 0 aliphatic rings. The number of hydrogen-bond donors (Lipinski definition) is 0. The van der Waals surface area contributed by atoms with Gasteiger partial charge in [0.25, 0.3) is 0 Å². The summed E-state index contributed by atoms with van der Waals surface area (Å²) in [5.41, 5.74) is 9.42. The van der Waals surface area contributed by atoms with Gasteiger partial charge in [0.15, 0.2) is 0 Å². The minimum atomic E-state index is -0.644. The summed E-state index contributed by atoms with van der Waals surface area (Å²) in [6.45, 7) is 12.2. The number of nitrogens with zero attached hydrogens (tertiary/aromatic N) is 2. The number of hydrogen-bond acceptors (Lipinski definition) is 6. The van der Waals surface area contributed by atoms with E-state index in [-0.39, 0.29) is 13.2 Å². The van der Waals surface area contributed by atoms with E-state index in [2.05, 4.69) is 132 Å². The number of ether oxygens (including phenoxy) is 4. The molecule has 0 bridgehead atoms. The van der Waals surface area contributed by atoms with E-state index >= 15 is 0 Å². The SMILES string of the molecule is CCCCC(C)(C)OC(=O)OCc1ccc(-n2c3ccccc3c3cc(-c4ccc5c(c4)c4ccccc4n5-c4ccc(COC(=O)OC(C)(C)CCCC)cc4)ccc32)cc1. The largest absolute Gasteiger partial charge is 0.509 e. The van der Waals surface area contributed by atoms with Gasteiger partial charge >= 0.3 is 12.3 Å². The van der Waals surface area contributed by atoms with E-state index in [4.69, 9.17) is 18.9 Å². The highest BCUT2D eigenvalue weighted by molar-refractivity contribution is 6.12. The maximum Gasteiger partial charge on any atom is 0.509 e. The van der Waals surface area contributed by atoms with Crippen LogP contribution in [-0.2, 0) is 32.2 Å². The summed E-state index contributed by atoms with van der Waals surface area (Å²) in [7, 11) is 0. The number of carbonyl (C=O) groups excluding carboxylic acids is 2. The van der Waals surface area contributed by atoms with Crippen LogP contribution in [0.2, 0.25) is 0 Å². The van der Waals surface area contributed by atoms with Crippen molar-refractivity contribution in [2.75, 3.05) is 0 Å². The maximum atomic E-state index is 12.5. The molecule has 318 valence electrons. The van der Waals surface area contributed by atoms with Crippen molar-refractivity contribution >= 4 is 55.9 Å². The Hall–Kier alpha value is -6.54. The molecular formula is C54H56N2O6. The zero-order valence-electron chi connectivity index (χ0n) is 36.7. The predicted molar refractivity (Wildman–Crippen MR) is 250 cm³/mol. The number of fused-ring (bicyclic) bond motifs is 6. The molecule has 0 radical (unpaired) electrons. The molecule has 8 heteroatoms. The lowest BCUT2D eigenvalue weighted by Gasteiger charge is -2.24. The number of unbranched alkanes of at least 4 members (excludes halogenated alkanes) is 2. The fourth-order valence-corrected chi connectivity index (χ4v) is 8.45. The third kappa shape index (κ3) is 9.06. The Kier molecular flexibility index (Phi) is 12.1. The van der Waals surface area contributed by atoms with Gasteiger partial charge in [-0.2, -0.15) is 0 Å². The topological polar surface area (TPSA) is 80.9 Å². The number of benzene rings is 6. The summed E-state index contributed by atoms with van der Waals surface area (Å²) in [5.74, 6) is 0. The second kappa shape index (κ2) is 17.8. The number of rotatable bonds is 15. The Bertz CT molecular complexity index is 2670. The lowest BCUT2D eigenvalue weighted by Crippen LogP contribution is -2.28. The van der Waals surface area contributed by atoms with Crippen LogP contribution in [0.3, 0.4) is 0 Å². The van der Waals surface area contributed by atoms with E-state index in [1.807, 2.05) is 52.0 Å². The average molecular weight is 829 g/mol. The first kappa shape index (κ1) is 42.2. The summed E-state index contributed by atoms with van der Waals surface area (Å²) in [6, 6.07) is 46.8. The number of aromatic nitrogens is 2. The van der Waals surface area contributed by atoms with Gasteiger partial charge in [-0.3, -0.25) is 0 Å². The highest BCUT2D eigenvalue weighted by Gasteiger charge is 2.25. The molecule has 0 atom stereocenters. The quantitative estimate of drug-likeness (QED) is 0.0958. The molecule has 2 heterocycles. The van der Waals surface area contributed by atoms with Crippen LogP contribution >= 0.6 is 0 Å². The van der Waals surface area contributed by atoms with E-state index in [9.17, 15) is 9.59 Å². The van der Waals surface area contributed by atoms with Crippen LogP contribution in [0.4, 0.5) is 9.59 Å². The van der Waals surface area contributed by atoms with Gasteiger partial charge in [0.1, 0.15) is 24.4 Å². The molecule has 0 unspecified atom stereocenters. The number of para-hydroxylation sites is 2. The summed E-state index contributed by atoms with van der Waals surface area (Å²) >= 11 is 0. The molecule has 2 aromatic heterocycles. The molecule has 0 aliphatic carbocycles. The Balaban J connectivity index is 1.04. The molecule has 8 nitrogen and oxygen atoms in total. The smallest absolute Gasteiger partial charge is 0.429 e. The minimum Gasteiger partial charge on any atom is -0.429 e. The molecule has 0 spiro atoms. The molecule has 0 N–H and O–H groups in total.